The van der Waals surface area contributed by atoms with Crippen LogP contribution in [0.4, 0.5) is 0 Å². The number of rotatable bonds is 1. The average Bonchev–Trinajstić information content (AvgIpc) is 2.65. The maximum atomic E-state index is 12.0. The van der Waals surface area contributed by atoms with Crippen LogP contribution in [-0.4, -0.2) is 21.6 Å². The van der Waals surface area contributed by atoms with Gasteiger partial charge in [-0.1, -0.05) is 12.1 Å². The molecular weight excluding hydrogens is 242 g/mol. The van der Waals surface area contributed by atoms with Crippen LogP contribution in [0.2, 0.25) is 0 Å². The van der Waals surface area contributed by atoms with Crippen molar-refractivity contribution < 1.29 is 9.59 Å². The van der Waals surface area contributed by atoms with Crippen LogP contribution in [0.15, 0.2) is 18.2 Å². The topological polar surface area (TPSA) is 64.0 Å². The smallest absolute Gasteiger partial charge is 0.235 e. The van der Waals surface area contributed by atoms with Gasteiger partial charge in [-0.3, -0.25) is 19.6 Å². The summed E-state index contributed by atoms with van der Waals surface area (Å²) in [5.41, 5.74) is 2.92. The highest BCUT2D eigenvalue weighted by Crippen LogP contribution is 2.30. The van der Waals surface area contributed by atoms with Crippen LogP contribution in [0.25, 0.3) is 10.9 Å². The Labute approximate surface area is 110 Å². The Morgan fingerprint density at radius 2 is 2.16 bits per heavy atom. The van der Waals surface area contributed by atoms with Crippen molar-refractivity contribution in [3.05, 3.63) is 29.5 Å². The maximum absolute atomic E-state index is 12.0. The third-order valence-electron chi connectivity index (χ3n) is 3.60. The SMILES string of the molecule is Cc1ccc2c(C3CCC(=O)NC3=O)n(C)nc2c1. The summed E-state index contributed by atoms with van der Waals surface area (Å²) in [5.74, 6) is -0.708. The Hall–Kier alpha value is -2.17. The summed E-state index contributed by atoms with van der Waals surface area (Å²) in [5, 5.41) is 7.84. The minimum Gasteiger partial charge on any atom is -0.296 e. The van der Waals surface area contributed by atoms with Crippen LogP contribution in [0, 0.1) is 6.92 Å². The summed E-state index contributed by atoms with van der Waals surface area (Å²) >= 11 is 0. The van der Waals surface area contributed by atoms with Gasteiger partial charge in [0.25, 0.3) is 0 Å². The van der Waals surface area contributed by atoms with E-state index in [2.05, 4.69) is 10.4 Å². The van der Waals surface area contributed by atoms with E-state index < -0.39 is 0 Å². The molecule has 1 fully saturated rings. The summed E-state index contributed by atoms with van der Waals surface area (Å²) in [7, 11) is 1.84. The van der Waals surface area contributed by atoms with Gasteiger partial charge in [-0.05, 0) is 25.0 Å². The maximum Gasteiger partial charge on any atom is 0.235 e. The van der Waals surface area contributed by atoms with Crippen molar-refractivity contribution in [3.63, 3.8) is 0 Å². The standard InChI is InChI=1S/C14H15N3O2/c1-8-3-4-9-11(7-8)16-17(2)13(9)10-5-6-12(18)15-14(10)19/h3-4,7,10H,5-6H2,1-2H3,(H,15,18,19). The number of aryl methyl sites for hydroxylation is 2. The number of benzene rings is 1. The molecule has 3 rings (SSSR count). The Bertz CT molecular complexity index is 687. The van der Waals surface area contributed by atoms with E-state index in [0.29, 0.717) is 12.8 Å². The van der Waals surface area contributed by atoms with E-state index >= 15 is 0 Å². The molecular formula is C14H15N3O2. The molecule has 0 bridgehead atoms. The highest BCUT2D eigenvalue weighted by Gasteiger charge is 2.31. The van der Waals surface area contributed by atoms with Crippen molar-refractivity contribution in [1.82, 2.24) is 15.1 Å². The zero-order valence-corrected chi connectivity index (χ0v) is 10.9. The molecule has 1 aliphatic rings. The Morgan fingerprint density at radius 3 is 2.89 bits per heavy atom. The third-order valence-corrected chi connectivity index (χ3v) is 3.60. The summed E-state index contributed by atoms with van der Waals surface area (Å²) in [4.78, 5) is 23.2. The zero-order chi connectivity index (χ0) is 13.6. The quantitative estimate of drug-likeness (QED) is 0.785. The fraction of sp³-hybridized carbons (Fsp3) is 0.357. The summed E-state index contributed by atoms with van der Waals surface area (Å²) in [6, 6.07) is 6.01. The van der Waals surface area contributed by atoms with Gasteiger partial charge in [-0.2, -0.15) is 5.10 Å². The van der Waals surface area contributed by atoms with Crippen molar-refractivity contribution in [3.8, 4) is 0 Å². The van der Waals surface area contributed by atoms with E-state index in [1.165, 1.54) is 0 Å². The molecule has 1 N–H and O–H groups in total. The van der Waals surface area contributed by atoms with Crippen molar-refractivity contribution in [1.29, 1.82) is 0 Å². The number of carbonyl (C=O) groups is 2. The molecule has 0 saturated carbocycles. The number of fused-ring (bicyclic) bond motifs is 1. The number of amides is 2. The summed E-state index contributed by atoms with van der Waals surface area (Å²) in [6.07, 6.45) is 0.933. The van der Waals surface area contributed by atoms with E-state index in [1.54, 1.807) is 4.68 Å². The van der Waals surface area contributed by atoms with Gasteiger partial charge in [0, 0.05) is 18.9 Å². The highest BCUT2D eigenvalue weighted by molar-refractivity contribution is 6.02. The van der Waals surface area contributed by atoms with Crippen LogP contribution in [0.1, 0.15) is 30.0 Å². The van der Waals surface area contributed by atoms with Gasteiger partial charge >= 0.3 is 0 Å². The molecule has 0 radical (unpaired) electrons. The minimum absolute atomic E-state index is 0.191. The Balaban J connectivity index is 2.12. The molecule has 1 saturated heterocycles. The first-order valence-corrected chi connectivity index (χ1v) is 6.33. The average molecular weight is 257 g/mol. The molecule has 0 spiro atoms. The first-order valence-electron chi connectivity index (χ1n) is 6.33. The van der Waals surface area contributed by atoms with Crippen LogP contribution >= 0.6 is 0 Å². The molecule has 2 amide bonds. The molecule has 19 heavy (non-hydrogen) atoms. The van der Waals surface area contributed by atoms with Crippen LogP contribution < -0.4 is 5.32 Å². The van der Waals surface area contributed by atoms with Crippen molar-refractivity contribution in [2.45, 2.75) is 25.7 Å². The Kier molecular flexibility index (Phi) is 2.62. The first kappa shape index (κ1) is 11.9. The minimum atomic E-state index is -0.296. The predicted octanol–water partition coefficient (Wildman–Crippen LogP) is 1.40. The third kappa shape index (κ3) is 1.91. The lowest BCUT2D eigenvalue weighted by molar-refractivity contribution is -0.134. The van der Waals surface area contributed by atoms with E-state index in [0.717, 1.165) is 22.2 Å². The number of hydrogen-bond donors (Lipinski definition) is 1. The molecule has 1 atom stereocenters. The van der Waals surface area contributed by atoms with Crippen molar-refractivity contribution in [2.75, 3.05) is 0 Å². The number of imide groups is 1. The fourth-order valence-electron chi connectivity index (χ4n) is 2.70. The second-order valence-electron chi connectivity index (χ2n) is 5.03. The monoisotopic (exact) mass is 257 g/mol. The number of hydrogen-bond acceptors (Lipinski definition) is 3. The van der Waals surface area contributed by atoms with Gasteiger partial charge in [0.2, 0.25) is 11.8 Å². The van der Waals surface area contributed by atoms with Gasteiger partial charge in [-0.25, -0.2) is 0 Å². The molecule has 98 valence electrons. The van der Waals surface area contributed by atoms with Crippen LogP contribution in [0.3, 0.4) is 0 Å². The molecule has 5 nitrogen and oxygen atoms in total. The predicted molar refractivity (Wildman–Crippen MR) is 70.6 cm³/mol. The highest BCUT2D eigenvalue weighted by atomic mass is 16.2. The van der Waals surface area contributed by atoms with Crippen LogP contribution in [0.5, 0.6) is 0 Å². The normalized spacial score (nSPS) is 19.8. The number of piperidine rings is 1. The van der Waals surface area contributed by atoms with Gasteiger partial charge in [0.05, 0.1) is 17.1 Å². The molecule has 1 aromatic carbocycles. The molecule has 0 aliphatic carbocycles. The number of aromatic nitrogens is 2. The lowest BCUT2D eigenvalue weighted by atomic mass is 9.92. The second-order valence-corrected chi connectivity index (χ2v) is 5.03. The van der Waals surface area contributed by atoms with E-state index in [1.807, 2.05) is 32.2 Å². The van der Waals surface area contributed by atoms with E-state index in [4.69, 9.17) is 0 Å². The number of carbonyl (C=O) groups excluding carboxylic acids is 2. The molecule has 2 heterocycles. The van der Waals surface area contributed by atoms with E-state index in [9.17, 15) is 9.59 Å². The van der Waals surface area contributed by atoms with Crippen molar-refractivity contribution >= 4 is 22.7 Å². The van der Waals surface area contributed by atoms with Gasteiger partial charge in [0.15, 0.2) is 0 Å². The largest absolute Gasteiger partial charge is 0.296 e. The summed E-state index contributed by atoms with van der Waals surface area (Å²) in [6.45, 7) is 2.01. The van der Waals surface area contributed by atoms with Gasteiger partial charge < -0.3 is 0 Å². The van der Waals surface area contributed by atoms with Gasteiger partial charge in [-0.15, -0.1) is 0 Å². The molecule has 5 heteroatoms. The van der Waals surface area contributed by atoms with E-state index in [-0.39, 0.29) is 17.7 Å². The summed E-state index contributed by atoms with van der Waals surface area (Å²) < 4.78 is 1.75. The molecule has 2 aromatic rings. The zero-order valence-electron chi connectivity index (χ0n) is 10.9. The van der Waals surface area contributed by atoms with Gasteiger partial charge in [0.1, 0.15) is 0 Å². The first-order chi connectivity index (χ1) is 9.06. The lowest BCUT2D eigenvalue weighted by Crippen LogP contribution is -2.40. The van der Waals surface area contributed by atoms with Crippen molar-refractivity contribution in [2.24, 2.45) is 7.05 Å². The lowest BCUT2D eigenvalue weighted by Gasteiger charge is -2.21. The second kappa shape index (κ2) is 4.19. The molecule has 1 aromatic heterocycles. The molecule has 1 aliphatic heterocycles. The number of nitrogens with zero attached hydrogens (tertiary/aromatic N) is 2. The Morgan fingerprint density at radius 1 is 1.37 bits per heavy atom. The van der Waals surface area contributed by atoms with Crippen LogP contribution in [-0.2, 0) is 16.6 Å². The fourth-order valence-corrected chi connectivity index (χ4v) is 2.70. The molecule has 1 unspecified atom stereocenters. The number of nitrogens with one attached hydrogen (secondary N) is 1.